The number of ether oxygens (including phenoxy) is 2. The van der Waals surface area contributed by atoms with Gasteiger partial charge in [0.1, 0.15) is 5.60 Å². The second-order valence-electron chi connectivity index (χ2n) is 5.78. The second-order valence-corrected chi connectivity index (χ2v) is 5.78. The van der Waals surface area contributed by atoms with Crippen LogP contribution in [0.4, 0.5) is 0 Å². The zero-order chi connectivity index (χ0) is 17.6. The lowest BCUT2D eigenvalue weighted by Gasteiger charge is -2.32. The highest BCUT2D eigenvalue weighted by Crippen LogP contribution is 2.35. The minimum Gasteiger partial charge on any atom is -0.481 e. The molecule has 2 atom stereocenters. The maximum atomic E-state index is 10.9. The molecule has 1 heterocycles. The second kappa shape index (κ2) is 8.24. The van der Waals surface area contributed by atoms with Gasteiger partial charge in [-0.05, 0) is 30.5 Å². The van der Waals surface area contributed by atoms with Crippen LogP contribution < -0.4 is 4.74 Å². The van der Waals surface area contributed by atoms with Crippen LogP contribution in [0, 0.1) is 0 Å². The van der Waals surface area contributed by atoms with Gasteiger partial charge >= 0.3 is 0 Å². The predicted molar refractivity (Wildman–Crippen MR) is 91.6 cm³/mol. The number of nitrogens with zero attached hydrogens (tertiary/aromatic N) is 1. The fraction of sp³-hybridized carbons (Fsp3) is 0.421. The van der Waals surface area contributed by atoms with E-state index in [1.165, 1.54) is 7.11 Å². The molecule has 1 aromatic heterocycles. The standard InChI is InChI=1S/C19H25NO4/c1-4-19(22,14(2)21)17-10-11-20-18(23-3)16(17)13-24-12-15-8-6-5-7-9-15/h5-11,14,21-22H,4,12-13H2,1-3H3. The van der Waals surface area contributed by atoms with Gasteiger partial charge in [-0.2, -0.15) is 0 Å². The van der Waals surface area contributed by atoms with Gasteiger partial charge < -0.3 is 19.7 Å². The van der Waals surface area contributed by atoms with Crippen LogP contribution in [0.15, 0.2) is 42.6 Å². The molecule has 0 saturated heterocycles. The Morgan fingerprint density at radius 2 is 1.88 bits per heavy atom. The summed E-state index contributed by atoms with van der Waals surface area (Å²) in [5, 5.41) is 21.0. The van der Waals surface area contributed by atoms with Crippen molar-refractivity contribution in [3.63, 3.8) is 0 Å². The van der Waals surface area contributed by atoms with E-state index < -0.39 is 11.7 Å². The van der Waals surface area contributed by atoms with E-state index in [4.69, 9.17) is 9.47 Å². The number of hydrogen-bond donors (Lipinski definition) is 2. The Labute approximate surface area is 142 Å². The SMILES string of the molecule is CCC(O)(c1ccnc(OC)c1COCc1ccccc1)C(C)O. The molecule has 2 N–H and O–H groups in total. The van der Waals surface area contributed by atoms with Gasteiger partial charge in [-0.1, -0.05) is 37.3 Å². The van der Waals surface area contributed by atoms with Crippen molar-refractivity contribution in [2.24, 2.45) is 0 Å². The Bertz CT molecular complexity index is 645. The van der Waals surface area contributed by atoms with Crippen LogP contribution in [0.5, 0.6) is 5.88 Å². The minimum absolute atomic E-state index is 0.232. The van der Waals surface area contributed by atoms with E-state index in [9.17, 15) is 10.2 Å². The van der Waals surface area contributed by atoms with Crippen molar-refractivity contribution in [1.82, 2.24) is 4.98 Å². The number of aliphatic hydroxyl groups is 2. The third-order valence-electron chi connectivity index (χ3n) is 4.26. The zero-order valence-electron chi connectivity index (χ0n) is 14.4. The van der Waals surface area contributed by atoms with Gasteiger partial charge in [0.05, 0.1) is 26.4 Å². The van der Waals surface area contributed by atoms with Crippen molar-refractivity contribution in [3.8, 4) is 5.88 Å². The van der Waals surface area contributed by atoms with Gasteiger partial charge in [0.15, 0.2) is 0 Å². The van der Waals surface area contributed by atoms with E-state index in [0.29, 0.717) is 30.0 Å². The Morgan fingerprint density at radius 1 is 1.17 bits per heavy atom. The number of methoxy groups -OCH3 is 1. The Balaban J connectivity index is 2.26. The highest BCUT2D eigenvalue weighted by Gasteiger charge is 2.36. The molecule has 1 aromatic carbocycles. The molecule has 24 heavy (non-hydrogen) atoms. The first-order valence-electron chi connectivity index (χ1n) is 8.07. The highest BCUT2D eigenvalue weighted by atomic mass is 16.5. The molecule has 5 nitrogen and oxygen atoms in total. The lowest BCUT2D eigenvalue weighted by Crippen LogP contribution is -2.38. The first kappa shape index (κ1) is 18.4. The zero-order valence-corrected chi connectivity index (χ0v) is 14.4. The van der Waals surface area contributed by atoms with Gasteiger partial charge in [0.2, 0.25) is 5.88 Å². The van der Waals surface area contributed by atoms with E-state index in [2.05, 4.69) is 4.98 Å². The van der Waals surface area contributed by atoms with Crippen molar-refractivity contribution in [2.75, 3.05) is 7.11 Å². The molecule has 0 spiro atoms. The number of hydrogen-bond acceptors (Lipinski definition) is 5. The summed E-state index contributed by atoms with van der Waals surface area (Å²) in [6.45, 7) is 4.08. The molecule has 2 rings (SSSR count). The Kier molecular flexibility index (Phi) is 6.31. The summed E-state index contributed by atoms with van der Waals surface area (Å²) in [4.78, 5) is 4.20. The van der Waals surface area contributed by atoms with Gasteiger partial charge in [0, 0.05) is 11.8 Å². The van der Waals surface area contributed by atoms with E-state index in [0.717, 1.165) is 5.56 Å². The molecule has 0 amide bonds. The smallest absolute Gasteiger partial charge is 0.218 e. The minimum atomic E-state index is -1.37. The summed E-state index contributed by atoms with van der Waals surface area (Å²) in [6.07, 6.45) is 1.00. The van der Waals surface area contributed by atoms with E-state index in [1.807, 2.05) is 37.3 Å². The van der Waals surface area contributed by atoms with E-state index in [-0.39, 0.29) is 6.61 Å². The average molecular weight is 331 g/mol. The predicted octanol–water partition coefficient (Wildman–Crippen LogP) is 2.79. The number of pyridine rings is 1. The molecule has 130 valence electrons. The Hall–Kier alpha value is -1.95. The molecule has 2 aromatic rings. The lowest BCUT2D eigenvalue weighted by molar-refractivity contribution is -0.0758. The van der Waals surface area contributed by atoms with E-state index >= 15 is 0 Å². The van der Waals surface area contributed by atoms with Crippen molar-refractivity contribution < 1.29 is 19.7 Å². The van der Waals surface area contributed by atoms with Crippen LogP contribution in [0.25, 0.3) is 0 Å². The lowest BCUT2D eigenvalue weighted by atomic mass is 9.84. The normalized spacial score (nSPS) is 14.9. The summed E-state index contributed by atoms with van der Waals surface area (Å²) in [5.41, 5.74) is 0.922. The van der Waals surface area contributed by atoms with Crippen LogP contribution in [0.1, 0.15) is 37.0 Å². The van der Waals surface area contributed by atoms with Gasteiger partial charge in [-0.3, -0.25) is 0 Å². The maximum Gasteiger partial charge on any atom is 0.218 e. The molecule has 5 heteroatoms. The van der Waals surface area contributed by atoms with Crippen LogP contribution in [-0.4, -0.2) is 28.4 Å². The summed E-state index contributed by atoms with van der Waals surface area (Å²) in [7, 11) is 1.53. The van der Waals surface area contributed by atoms with Gasteiger partial charge in [-0.25, -0.2) is 4.98 Å². The summed E-state index contributed by atoms with van der Waals surface area (Å²) < 4.78 is 11.1. The van der Waals surface area contributed by atoms with Crippen molar-refractivity contribution in [1.29, 1.82) is 0 Å². The van der Waals surface area contributed by atoms with Crippen LogP contribution >= 0.6 is 0 Å². The Morgan fingerprint density at radius 3 is 2.46 bits per heavy atom. The van der Waals surface area contributed by atoms with Crippen molar-refractivity contribution >= 4 is 0 Å². The molecular formula is C19H25NO4. The molecule has 0 bridgehead atoms. The number of aromatic nitrogens is 1. The summed E-state index contributed by atoms with van der Waals surface area (Å²) in [6, 6.07) is 11.5. The number of aliphatic hydroxyl groups excluding tert-OH is 1. The number of benzene rings is 1. The van der Waals surface area contributed by atoms with E-state index in [1.54, 1.807) is 19.2 Å². The monoisotopic (exact) mass is 331 g/mol. The largest absolute Gasteiger partial charge is 0.481 e. The molecule has 0 fully saturated rings. The first-order chi connectivity index (χ1) is 11.5. The average Bonchev–Trinajstić information content (AvgIpc) is 2.61. The van der Waals surface area contributed by atoms with Crippen LogP contribution in [0.3, 0.4) is 0 Å². The summed E-state index contributed by atoms with van der Waals surface area (Å²) >= 11 is 0. The quantitative estimate of drug-likeness (QED) is 0.778. The summed E-state index contributed by atoms with van der Waals surface area (Å²) in [5.74, 6) is 0.396. The fourth-order valence-electron chi connectivity index (χ4n) is 2.75. The molecular weight excluding hydrogens is 306 g/mol. The first-order valence-corrected chi connectivity index (χ1v) is 8.07. The number of rotatable bonds is 8. The molecule has 0 aliphatic heterocycles. The fourth-order valence-corrected chi connectivity index (χ4v) is 2.75. The molecule has 0 saturated carbocycles. The van der Waals surface area contributed by atoms with Gasteiger partial charge in [0.25, 0.3) is 0 Å². The third-order valence-corrected chi connectivity index (χ3v) is 4.26. The molecule has 0 radical (unpaired) electrons. The highest BCUT2D eigenvalue weighted by molar-refractivity contribution is 5.38. The molecule has 0 aliphatic carbocycles. The van der Waals surface area contributed by atoms with Gasteiger partial charge in [-0.15, -0.1) is 0 Å². The van der Waals surface area contributed by atoms with Crippen molar-refractivity contribution in [3.05, 3.63) is 59.3 Å². The maximum absolute atomic E-state index is 10.9. The van der Waals surface area contributed by atoms with Crippen LogP contribution in [0.2, 0.25) is 0 Å². The third kappa shape index (κ3) is 3.93. The van der Waals surface area contributed by atoms with Crippen molar-refractivity contribution in [2.45, 2.75) is 45.2 Å². The molecule has 0 aliphatic rings. The molecule has 2 unspecified atom stereocenters. The van der Waals surface area contributed by atoms with Crippen LogP contribution in [-0.2, 0) is 23.6 Å². The topological polar surface area (TPSA) is 71.8 Å².